The first-order valence-electron chi connectivity index (χ1n) is 3.02. The van der Waals surface area contributed by atoms with Gasteiger partial charge in [-0.2, -0.15) is 0 Å². The van der Waals surface area contributed by atoms with Gasteiger partial charge in [-0.05, 0) is 0 Å². The lowest BCUT2D eigenvalue weighted by molar-refractivity contribution is 0.422. The molecule has 1 aliphatic rings. The number of hydrogen-bond acceptors (Lipinski definition) is 4. The Balaban J connectivity index is 2.52. The molecule has 0 spiro atoms. The molecular formula is C4H6B2O4Si. The monoisotopic (exact) mass is 168 g/mol. The minimum Gasteiger partial charge on any atom is -0.424 e. The van der Waals surface area contributed by atoms with Gasteiger partial charge in [0.2, 0.25) is 0 Å². The van der Waals surface area contributed by atoms with E-state index in [9.17, 15) is 0 Å². The molecule has 0 fully saturated rings. The quantitative estimate of drug-likeness (QED) is 0.343. The summed E-state index contributed by atoms with van der Waals surface area (Å²) < 4.78 is 0. The molecule has 7 heteroatoms. The predicted molar refractivity (Wildman–Crippen MR) is 42.3 cm³/mol. The number of allylic oxidation sites excluding steroid dienone is 2. The molecule has 2 radical (unpaired) electrons. The van der Waals surface area contributed by atoms with Crippen LogP contribution in [0.4, 0.5) is 0 Å². The topological polar surface area (TPSA) is 80.9 Å². The van der Waals surface area contributed by atoms with Gasteiger partial charge in [0.15, 0.2) is 0 Å². The number of rotatable bonds is 2. The first kappa shape index (κ1) is 8.76. The zero-order valence-electron chi connectivity index (χ0n) is 5.60. The highest BCUT2D eigenvalue weighted by Gasteiger charge is 2.25. The third-order valence-corrected chi connectivity index (χ3v) is 2.71. The molecule has 0 aromatic heterocycles. The van der Waals surface area contributed by atoms with Gasteiger partial charge in [0.1, 0.15) is 9.52 Å². The fourth-order valence-electron chi connectivity index (χ4n) is 0.731. The van der Waals surface area contributed by atoms with Gasteiger partial charge in [-0.15, -0.1) is 0 Å². The molecule has 0 saturated heterocycles. The van der Waals surface area contributed by atoms with Crippen LogP contribution in [0.5, 0.6) is 0 Å². The van der Waals surface area contributed by atoms with E-state index < -0.39 is 14.2 Å². The maximum absolute atomic E-state index is 8.65. The fraction of sp³-hybridized carbons (Fsp3) is 0. The Morgan fingerprint density at radius 1 is 0.909 bits per heavy atom. The lowest BCUT2D eigenvalue weighted by Gasteiger charge is -2.00. The highest BCUT2D eigenvalue weighted by molar-refractivity contribution is 6.86. The predicted octanol–water partition coefficient (Wildman–Crippen LogP) is -2.50. The molecule has 0 aliphatic carbocycles. The summed E-state index contributed by atoms with van der Waals surface area (Å²) >= 11 is 0. The van der Waals surface area contributed by atoms with E-state index in [1.54, 1.807) is 0 Å². The van der Waals surface area contributed by atoms with Crippen LogP contribution in [0.2, 0.25) is 0 Å². The lowest BCUT2D eigenvalue weighted by atomic mass is 9.89. The van der Waals surface area contributed by atoms with Crippen LogP contribution < -0.4 is 0 Å². The summed E-state index contributed by atoms with van der Waals surface area (Å²) in [6, 6.07) is 0. The summed E-state index contributed by atoms with van der Waals surface area (Å²) in [7, 11) is -3.00. The second-order valence-electron chi connectivity index (χ2n) is 2.12. The summed E-state index contributed by atoms with van der Waals surface area (Å²) in [4.78, 5) is 0. The van der Waals surface area contributed by atoms with Crippen molar-refractivity contribution >= 4 is 23.8 Å². The molecule has 1 rings (SSSR count). The minimum atomic E-state index is -1.49. The molecule has 4 N–H and O–H groups in total. The maximum atomic E-state index is 8.65. The zero-order valence-corrected chi connectivity index (χ0v) is 6.60. The SMILES string of the molecule is OB(O)C1=CC=C(B(O)O)[Si]1. The van der Waals surface area contributed by atoms with Crippen LogP contribution >= 0.6 is 0 Å². The molecule has 11 heavy (non-hydrogen) atoms. The van der Waals surface area contributed by atoms with E-state index in [0.29, 0.717) is 10.2 Å². The summed E-state index contributed by atoms with van der Waals surface area (Å²) in [5.41, 5.74) is 0. The largest absolute Gasteiger partial charge is 0.479 e. The van der Waals surface area contributed by atoms with Crippen molar-refractivity contribution in [3.63, 3.8) is 0 Å². The van der Waals surface area contributed by atoms with Crippen molar-refractivity contribution in [1.82, 2.24) is 0 Å². The first-order chi connectivity index (χ1) is 5.11. The van der Waals surface area contributed by atoms with Crippen molar-refractivity contribution in [2.24, 2.45) is 0 Å². The Morgan fingerprint density at radius 2 is 1.27 bits per heavy atom. The second kappa shape index (κ2) is 3.38. The van der Waals surface area contributed by atoms with Crippen LogP contribution in [0.1, 0.15) is 0 Å². The fourth-order valence-corrected chi connectivity index (χ4v) is 1.66. The van der Waals surface area contributed by atoms with E-state index in [2.05, 4.69) is 0 Å². The van der Waals surface area contributed by atoms with Crippen molar-refractivity contribution in [2.75, 3.05) is 0 Å². The van der Waals surface area contributed by atoms with Gasteiger partial charge in [-0.3, -0.25) is 0 Å². The number of hydrogen-bond donors (Lipinski definition) is 4. The highest BCUT2D eigenvalue weighted by Crippen LogP contribution is 2.11. The van der Waals surface area contributed by atoms with Crippen LogP contribution in [0.25, 0.3) is 0 Å². The van der Waals surface area contributed by atoms with Crippen molar-refractivity contribution in [1.29, 1.82) is 0 Å². The standard InChI is InChI=1S/C4H6B2O4Si/c7-5(8)3-1-2-4(11-3)6(9)10/h1-2,7-10H. The molecule has 0 bridgehead atoms. The summed E-state index contributed by atoms with van der Waals surface area (Å²) in [5, 5.41) is 35.4. The summed E-state index contributed by atoms with van der Waals surface area (Å²) in [6.45, 7) is 0. The van der Waals surface area contributed by atoms with E-state index >= 15 is 0 Å². The molecule has 0 amide bonds. The molecule has 0 unspecified atom stereocenters. The molecule has 0 saturated carbocycles. The molecule has 1 heterocycles. The average molecular weight is 168 g/mol. The normalized spacial score (nSPS) is 16.0. The van der Waals surface area contributed by atoms with Crippen LogP contribution in [-0.2, 0) is 0 Å². The minimum absolute atomic E-state index is 0.0262. The van der Waals surface area contributed by atoms with Gasteiger partial charge in [0, 0.05) is 0 Å². The van der Waals surface area contributed by atoms with E-state index in [0.717, 1.165) is 0 Å². The van der Waals surface area contributed by atoms with Crippen molar-refractivity contribution in [3.05, 3.63) is 22.3 Å². The molecular weight excluding hydrogens is 162 g/mol. The van der Waals surface area contributed by atoms with Gasteiger partial charge in [0.25, 0.3) is 0 Å². The maximum Gasteiger partial charge on any atom is 0.479 e. The molecule has 0 aromatic carbocycles. The Morgan fingerprint density at radius 3 is 1.45 bits per heavy atom. The van der Waals surface area contributed by atoms with E-state index in [1.165, 1.54) is 12.2 Å². The smallest absolute Gasteiger partial charge is 0.424 e. The van der Waals surface area contributed by atoms with E-state index in [-0.39, 0.29) is 9.52 Å². The van der Waals surface area contributed by atoms with Crippen LogP contribution in [-0.4, -0.2) is 43.9 Å². The average Bonchev–Trinajstić information content (AvgIpc) is 2.33. The summed E-state index contributed by atoms with van der Waals surface area (Å²) in [5.74, 6) is 0. The zero-order chi connectivity index (χ0) is 8.43. The Labute approximate surface area is 67.0 Å². The third-order valence-electron chi connectivity index (χ3n) is 1.29. The van der Waals surface area contributed by atoms with Crippen LogP contribution in [0.3, 0.4) is 0 Å². The highest BCUT2D eigenvalue weighted by atomic mass is 28.2. The van der Waals surface area contributed by atoms with Gasteiger partial charge in [0.05, 0.1) is 0 Å². The van der Waals surface area contributed by atoms with Crippen molar-refractivity contribution in [2.45, 2.75) is 0 Å². The van der Waals surface area contributed by atoms with E-state index in [1.807, 2.05) is 0 Å². The third kappa shape index (κ3) is 2.05. The van der Waals surface area contributed by atoms with Gasteiger partial charge in [-0.25, -0.2) is 0 Å². The lowest BCUT2D eigenvalue weighted by Crippen LogP contribution is -2.25. The molecule has 0 atom stereocenters. The van der Waals surface area contributed by atoms with Crippen LogP contribution in [0.15, 0.2) is 22.3 Å². The van der Waals surface area contributed by atoms with Crippen molar-refractivity contribution < 1.29 is 20.1 Å². The summed E-state index contributed by atoms with van der Waals surface area (Å²) in [6.07, 6.45) is 2.97. The van der Waals surface area contributed by atoms with Crippen LogP contribution in [0, 0.1) is 0 Å². The Kier molecular flexibility index (Phi) is 2.69. The van der Waals surface area contributed by atoms with E-state index in [4.69, 9.17) is 20.1 Å². The van der Waals surface area contributed by atoms with Gasteiger partial charge in [-0.1, -0.05) is 22.3 Å². The van der Waals surface area contributed by atoms with Gasteiger partial charge >= 0.3 is 14.2 Å². The first-order valence-corrected chi connectivity index (χ1v) is 4.02. The Hall–Kier alpha value is -0.333. The second-order valence-corrected chi connectivity index (χ2v) is 3.52. The van der Waals surface area contributed by atoms with Gasteiger partial charge < -0.3 is 20.1 Å². The Bertz CT molecular complexity index is 190. The molecule has 4 nitrogen and oxygen atoms in total. The molecule has 1 aliphatic heterocycles. The molecule has 56 valence electrons. The molecule has 0 aromatic rings. The van der Waals surface area contributed by atoms with Crippen molar-refractivity contribution in [3.8, 4) is 0 Å².